The first-order valence-corrected chi connectivity index (χ1v) is 6.15. The van der Waals surface area contributed by atoms with Gasteiger partial charge in [0.1, 0.15) is 17.3 Å². The van der Waals surface area contributed by atoms with Crippen LogP contribution in [0.15, 0.2) is 23.1 Å². The Balaban J connectivity index is 3.24. The molecule has 0 aromatic heterocycles. The number of nitrogens with zero attached hydrogens (tertiary/aromatic N) is 1. The third kappa shape index (κ3) is 3.03. The quantitative estimate of drug-likeness (QED) is 0.781. The van der Waals surface area contributed by atoms with Crippen LogP contribution >= 0.6 is 0 Å². The van der Waals surface area contributed by atoms with Crippen molar-refractivity contribution in [3.8, 4) is 11.8 Å². The number of aliphatic hydroxyl groups is 1. The first-order chi connectivity index (χ1) is 7.89. The average molecular weight is 257 g/mol. The number of sulfonamides is 1. The van der Waals surface area contributed by atoms with E-state index in [0.29, 0.717) is 5.56 Å². The maximum atomic E-state index is 13.6. The lowest BCUT2D eigenvalue weighted by atomic mass is 10.2. The van der Waals surface area contributed by atoms with Gasteiger partial charge in [-0.3, -0.25) is 0 Å². The molecule has 0 unspecified atom stereocenters. The lowest BCUT2D eigenvalue weighted by molar-refractivity contribution is 0.350. The standard InChI is InChI=1S/C11H12FNO3S/c1-13(2)17(15,16)11-6-5-9(4-3-7-14)8-10(11)12/h5-6,8,14H,7H2,1-2H3. The van der Waals surface area contributed by atoms with E-state index in [1.807, 2.05) is 0 Å². The highest BCUT2D eigenvalue weighted by Crippen LogP contribution is 2.18. The molecule has 0 heterocycles. The molecular weight excluding hydrogens is 245 g/mol. The van der Waals surface area contributed by atoms with Crippen molar-refractivity contribution in [2.75, 3.05) is 20.7 Å². The highest BCUT2D eigenvalue weighted by molar-refractivity contribution is 7.89. The summed E-state index contributed by atoms with van der Waals surface area (Å²) >= 11 is 0. The molecule has 0 saturated carbocycles. The zero-order valence-corrected chi connectivity index (χ0v) is 10.3. The minimum absolute atomic E-state index is 0.314. The summed E-state index contributed by atoms with van der Waals surface area (Å²) in [6.45, 7) is -0.334. The summed E-state index contributed by atoms with van der Waals surface area (Å²) in [7, 11) is -1.13. The Morgan fingerprint density at radius 2 is 2.06 bits per heavy atom. The van der Waals surface area contributed by atoms with Gasteiger partial charge in [-0.25, -0.2) is 17.1 Å². The van der Waals surface area contributed by atoms with E-state index in [9.17, 15) is 12.8 Å². The van der Waals surface area contributed by atoms with Crippen LogP contribution in [0.3, 0.4) is 0 Å². The number of benzene rings is 1. The van der Waals surface area contributed by atoms with Crippen LogP contribution in [0.4, 0.5) is 4.39 Å². The van der Waals surface area contributed by atoms with Crippen molar-refractivity contribution < 1.29 is 17.9 Å². The van der Waals surface area contributed by atoms with Gasteiger partial charge in [0.2, 0.25) is 10.0 Å². The van der Waals surface area contributed by atoms with E-state index in [-0.39, 0.29) is 6.61 Å². The second-order valence-electron chi connectivity index (χ2n) is 3.39. The second-order valence-corrected chi connectivity index (χ2v) is 5.51. The Kier molecular flexibility index (Phi) is 4.23. The third-order valence-electron chi connectivity index (χ3n) is 2.00. The van der Waals surface area contributed by atoms with Gasteiger partial charge >= 0.3 is 0 Å². The number of aliphatic hydroxyl groups excluding tert-OH is 1. The van der Waals surface area contributed by atoms with E-state index in [0.717, 1.165) is 16.4 Å². The first-order valence-electron chi connectivity index (χ1n) is 4.71. The van der Waals surface area contributed by atoms with Crippen LogP contribution in [0.25, 0.3) is 0 Å². The molecule has 0 bridgehead atoms. The van der Waals surface area contributed by atoms with Gasteiger partial charge in [-0.05, 0) is 18.2 Å². The fraction of sp³-hybridized carbons (Fsp3) is 0.273. The van der Waals surface area contributed by atoms with Crippen molar-refractivity contribution in [3.63, 3.8) is 0 Å². The lowest BCUT2D eigenvalue weighted by Crippen LogP contribution is -2.23. The van der Waals surface area contributed by atoms with Crippen molar-refractivity contribution in [1.82, 2.24) is 4.31 Å². The van der Waals surface area contributed by atoms with Crippen LogP contribution < -0.4 is 0 Å². The number of hydrogen-bond acceptors (Lipinski definition) is 3. The first kappa shape index (κ1) is 13.6. The van der Waals surface area contributed by atoms with Crippen LogP contribution in [0.5, 0.6) is 0 Å². The molecule has 17 heavy (non-hydrogen) atoms. The molecule has 0 fully saturated rings. The topological polar surface area (TPSA) is 57.6 Å². The zero-order valence-electron chi connectivity index (χ0n) is 9.44. The molecule has 0 atom stereocenters. The molecular formula is C11H12FNO3S. The van der Waals surface area contributed by atoms with E-state index in [1.54, 1.807) is 0 Å². The fourth-order valence-corrected chi connectivity index (χ4v) is 2.06. The predicted octanol–water partition coefficient (Wildman–Crippen LogP) is 0.420. The van der Waals surface area contributed by atoms with Gasteiger partial charge in [0, 0.05) is 19.7 Å². The van der Waals surface area contributed by atoms with Gasteiger partial charge in [0.25, 0.3) is 0 Å². The van der Waals surface area contributed by atoms with Crippen molar-refractivity contribution in [1.29, 1.82) is 0 Å². The van der Waals surface area contributed by atoms with Crippen LogP contribution in [0.1, 0.15) is 5.56 Å². The summed E-state index contributed by atoms with van der Waals surface area (Å²) in [6, 6.07) is 3.58. The predicted molar refractivity (Wildman–Crippen MR) is 61.2 cm³/mol. The summed E-state index contributed by atoms with van der Waals surface area (Å²) in [5.41, 5.74) is 0.314. The minimum Gasteiger partial charge on any atom is -0.384 e. The van der Waals surface area contributed by atoms with E-state index >= 15 is 0 Å². The van der Waals surface area contributed by atoms with Crippen molar-refractivity contribution in [2.24, 2.45) is 0 Å². The summed E-state index contributed by atoms with van der Waals surface area (Å²) in [5, 5.41) is 8.48. The Bertz CT molecular complexity index is 570. The van der Waals surface area contributed by atoms with Crippen molar-refractivity contribution in [2.45, 2.75) is 4.90 Å². The molecule has 0 spiro atoms. The van der Waals surface area contributed by atoms with E-state index in [4.69, 9.17) is 5.11 Å². The van der Waals surface area contributed by atoms with E-state index < -0.39 is 20.7 Å². The normalized spacial score (nSPS) is 11.1. The molecule has 0 amide bonds. The van der Waals surface area contributed by atoms with Crippen molar-refractivity contribution >= 4 is 10.0 Å². The summed E-state index contributed by atoms with van der Waals surface area (Å²) < 4.78 is 37.9. The molecule has 1 N–H and O–H groups in total. The smallest absolute Gasteiger partial charge is 0.245 e. The second kappa shape index (κ2) is 5.27. The van der Waals surface area contributed by atoms with Crippen molar-refractivity contribution in [3.05, 3.63) is 29.6 Å². The number of halogens is 1. The number of rotatable bonds is 2. The summed E-state index contributed by atoms with van der Waals surface area (Å²) in [6.07, 6.45) is 0. The summed E-state index contributed by atoms with van der Waals surface area (Å²) in [5.74, 6) is 3.99. The molecule has 0 aliphatic rings. The molecule has 6 heteroatoms. The van der Waals surface area contributed by atoms with Gasteiger partial charge in [-0.2, -0.15) is 0 Å². The van der Waals surface area contributed by atoms with Crippen LogP contribution in [0, 0.1) is 17.7 Å². The van der Waals surface area contributed by atoms with E-state index in [1.165, 1.54) is 20.2 Å². The Hall–Kier alpha value is -1.42. The zero-order chi connectivity index (χ0) is 13.1. The minimum atomic E-state index is -3.78. The van der Waals surface area contributed by atoms with Gasteiger partial charge in [0.05, 0.1) is 0 Å². The average Bonchev–Trinajstić information content (AvgIpc) is 2.25. The highest BCUT2D eigenvalue weighted by Gasteiger charge is 2.21. The molecule has 0 radical (unpaired) electrons. The largest absolute Gasteiger partial charge is 0.384 e. The Morgan fingerprint density at radius 3 is 2.53 bits per heavy atom. The van der Waals surface area contributed by atoms with Crippen LogP contribution in [-0.2, 0) is 10.0 Å². The Labute approximate surface area is 99.7 Å². The molecule has 92 valence electrons. The molecule has 0 aliphatic heterocycles. The van der Waals surface area contributed by atoms with Crippen LogP contribution in [0.2, 0.25) is 0 Å². The van der Waals surface area contributed by atoms with Gasteiger partial charge in [-0.15, -0.1) is 0 Å². The number of hydrogen-bond donors (Lipinski definition) is 1. The van der Waals surface area contributed by atoms with Gasteiger partial charge < -0.3 is 5.11 Å². The molecule has 0 saturated heterocycles. The van der Waals surface area contributed by atoms with E-state index in [2.05, 4.69) is 11.8 Å². The summed E-state index contributed by atoms with van der Waals surface area (Å²) in [4.78, 5) is -0.392. The highest BCUT2D eigenvalue weighted by atomic mass is 32.2. The molecule has 4 nitrogen and oxygen atoms in total. The fourth-order valence-electron chi connectivity index (χ4n) is 1.13. The van der Waals surface area contributed by atoms with Gasteiger partial charge in [-0.1, -0.05) is 11.8 Å². The maximum Gasteiger partial charge on any atom is 0.245 e. The monoisotopic (exact) mass is 257 g/mol. The van der Waals surface area contributed by atoms with Crippen LogP contribution in [-0.4, -0.2) is 38.5 Å². The molecule has 1 aromatic rings. The molecule has 1 rings (SSSR count). The SMILES string of the molecule is CN(C)S(=O)(=O)c1ccc(C#CCO)cc1F. The van der Waals surface area contributed by atoms with Gasteiger partial charge in [0.15, 0.2) is 0 Å². The lowest BCUT2D eigenvalue weighted by Gasteiger charge is -2.11. The maximum absolute atomic E-state index is 13.6. The molecule has 0 aliphatic carbocycles. The Morgan fingerprint density at radius 1 is 1.41 bits per heavy atom. The molecule has 1 aromatic carbocycles. The third-order valence-corrected chi connectivity index (χ3v) is 3.85.